The number of rotatable bonds is 4. The second kappa shape index (κ2) is 5.16. The molecule has 1 atom stereocenters. The van der Waals surface area contributed by atoms with Gasteiger partial charge in [-0.05, 0) is 20.3 Å². The van der Waals surface area contributed by atoms with Crippen LogP contribution in [0.2, 0.25) is 5.02 Å². The standard InChI is InChI=1S/C10H15ClN2O2/c1-4-7(3)13-6-8(11)9(12-13)10(14)15-5-2/h6-7H,4-5H2,1-3H3. The van der Waals surface area contributed by atoms with Crippen molar-refractivity contribution in [1.82, 2.24) is 9.78 Å². The van der Waals surface area contributed by atoms with Crippen LogP contribution in [0.25, 0.3) is 0 Å². The Morgan fingerprint density at radius 2 is 2.33 bits per heavy atom. The average Bonchev–Trinajstić information content (AvgIpc) is 2.59. The SMILES string of the molecule is CCOC(=O)c1nn(C(C)CC)cc1Cl. The Morgan fingerprint density at radius 1 is 1.67 bits per heavy atom. The van der Waals surface area contributed by atoms with Gasteiger partial charge in [0.05, 0.1) is 11.6 Å². The minimum Gasteiger partial charge on any atom is -0.461 e. The maximum absolute atomic E-state index is 11.4. The van der Waals surface area contributed by atoms with Crippen molar-refractivity contribution in [2.45, 2.75) is 33.2 Å². The molecule has 0 radical (unpaired) electrons. The minimum atomic E-state index is -0.468. The first-order chi connectivity index (χ1) is 7.10. The van der Waals surface area contributed by atoms with E-state index in [2.05, 4.69) is 5.10 Å². The molecule has 1 aromatic heterocycles. The molecular formula is C10H15ClN2O2. The molecule has 0 fully saturated rings. The van der Waals surface area contributed by atoms with Crippen molar-refractivity contribution in [1.29, 1.82) is 0 Å². The van der Waals surface area contributed by atoms with Gasteiger partial charge in [0.25, 0.3) is 0 Å². The molecule has 0 bridgehead atoms. The molecule has 4 nitrogen and oxygen atoms in total. The average molecular weight is 231 g/mol. The molecule has 0 saturated carbocycles. The Hall–Kier alpha value is -1.03. The van der Waals surface area contributed by atoms with Gasteiger partial charge in [0.2, 0.25) is 0 Å². The van der Waals surface area contributed by atoms with Gasteiger partial charge in [0, 0.05) is 12.2 Å². The molecule has 1 unspecified atom stereocenters. The summed E-state index contributed by atoms with van der Waals surface area (Å²) in [6.07, 6.45) is 2.59. The highest BCUT2D eigenvalue weighted by molar-refractivity contribution is 6.33. The number of carbonyl (C=O) groups excluding carboxylic acids is 1. The molecule has 1 rings (SSSR count). The van der Waals surface area contributed by atoms with E-state index in [0.717, 1.165) is 6.42 Å². The van der Waals surface area contributed by atoms with Crippen LogP contribution < -0.4 is 0 Å². The van der Waals surface area contributed by atoms with E-state index >= 15 is 0 Å². The summed E-state index contributed by atoms with van der Waals surface area (Å²) in [5, 5.41) is 4.45. The highest BCUT2D eigenvalue weighted by atomic mass is 35.5. The third-order valence-electron chi connectivity index (χ3n) is 2.20. The van der Waals surface area contributed by atoms with Gasteiger partial charge >= 0.3 is 5.97 Å². The minimum absolute atomic E-state index is 0.193. The first kappa shape index (κ1) is 12.0. The fourth-order valence-electron chi connectivity index (χ4n) is 1.12. The molecule has 1 heterocycles. The van der Waals surface area contributed by atoms with Crippen LogP contribution in [-0.2, 0) is 4.74 Å². The number of ether oxygens (including phenoxy) is 1. The molecule has 1 aromatic rings. The summed E-state index contributed by atoms with van der Waals surface area (Å²) in [4.78, 5) is 11.4. The molecular weight excluding hydrogens is 216 g/mol. The van der Waals surface area contributed by atoms with Crippen LogP contribution in [0.4, 0.5) is 0 Å². The number of aromatic nitrogens is 2. The molecule has 0 spiro atoms. The lowest BCUT2D eigenvalue weighted by molar-refractivity contribution is 0.0518. The van der Waals surface area contributed by atoms with Crippen LogP contribution in [0.5, 0.6) is 0 Å². The van der Waals surface area contributed by atoms with Crippen molar-refractivity contribution in [2.24, 2.45) is 0 Å². The fraction of sp³-hybridized carbons (Fsp3) is 0.600. The molecule has 0 amide bonds. The highest BCUT2D eigenvalue weighted by Crippen LogP contribution is 2.19. The number of esters is 1. The third-order valence-corrected chi connectivity index (χ3v) is 2.48. The smallest absolute Gasteiger partial charge is 0.360 e. The van der Waals surface area contributed by atoms with Crippen molar-refractivity contribution in [3.8, 4) is 0 Å². The van der Waals surface area contributed by atoms with E-state index in [4.69, 9.17) is 16.3 Å². The predicted octanol–water partition coefficient (Wildman–Crippen LogP) is 2.68. The monoisotopic (exact) mass is 230 g/mol. The molecule has 0 aliphatic heterocycles. The lowest BCUT2D eigenvalue weighted by Crippen LogP contribution is -2.09. The Labute approximate surface area is 94.2 Å². The topological polar surface area (TPSA) is 44.1 Å². The van der Waals surface area contributed by atoms with E-state index in [1.165, 1.54) is 0 Å². The fourth-order valence-corrected chi connectivity index (χ4v) is 1.33. The predicted molar refractivity (Wildman–Crippen MR) is 58.2 cm³/mol. The Kier molecular flexibility index (Phi) is 4.15. The third kappa shape index (κ3) is 2.72. The second-order valence-electron chi connectivity index (χ2n) is 3.28. The molecule has 0 aromatic carbocycles. The first-order valence-electron chi connectivity index (χ1n) is 5.01. The van der Waals surface area contributed by atoms with Crippen molar-refractivity contribution < 1.29 is 9.53 Å². The number of carbonyl (C=O) groups is 1. The summed E-state index contributed by atoms with van der Waals surface area (Å²) in [6, 6.07) is 0.227. The van der Waals surface area contributed by atoms with Crippen molar-refractivity contribution in [3.63, 3.8) is 0 Å². The van der Waals surface area contributed by atoms with Crippen LogP contribution in [0.3, 0.4) is 0 Å². The summed E-state index contributed by atoms with van der Waals surface area (Å²) in [5.74, 6) is -0.468. The van der Waals surface area contributed by atoms with Crippen LogP contribution in [0.1, 0.15) is 43.7 Å². The molecule has 0 aliphatic rings. The van der Waals surface area contributed by atoms with E-state index in [9.17, 15) is 4.79 Å². The van der Waals surface area contributed by atoms with Crippen LogP contribution in [0.15, 0.2) is 6.20 Å². The largest absolute Gasteiger partial charge is 0.461 e. The summed E-state index contributed by atoms with van der Waals surface area (Å²) < 4.78 is 6.53. The maximum Gasteiger partial charge on any atom is 0.360 e. The Balaban J connectivity index is 2.90. The quantitative estimate of drug-likeness (QED) is 0.747. The molecule has 0 saturated heterocycles. The summed E-state index contributed by atoms with van der Waals surface area (Å²) in [7, 11) is 0. The van der Waals surface area contributed by atoms with Crippen LogP contribution in [0, 0.1) is 0 Å². The van der Waals surface area contributed by atoms with Crippen LogP contribution in [-0.4, -0.2) is 22.4 Å². The second-order valence-corrected chi connectivity index (χ2v) is 3.69. The number of nitrogens with zero attached hydrogens (tertiary/aromatic N) is 2. The lowest BCUT2D eigenvalue weighted by atomic mass is 10.3. The Morgan fingerprint density at radius 3 is 2.87 bits per heavy atom. The zero-order valence-electron chi connectivity index (χ0n) is 9.16. The van der Waals surface area contributed by atoms with Gasteiger partial charge in [-0.1, -0.05) is 18.5 Å². The lowest BCUT2D eigenvalue weighted by Gasteiger charge is -2.07. The van der Waals surface area contributed by atoms with Gasteiger partial charge in [-0.15, -0.1) is 0 Å². The Bertz CT molecular complexity index is 349. The highest BCUT2D eigenvalue weighted by Gasteiger charge is 2.17. The number of halogens is 1. The van der Waals surface area contributed by atoms with E-state index in [0.29, 0.717) is 11.6 Å². The van der Waals surface area contributed by atoms with E-state index in [1.807, 2.05) is 13.8 Å². The van der Waals surface area contributed by atoms with Gasteiger partial charge in [-0.3, -0.25) is 4.68 Å². The van der Waals surface area contributed by atoms with E-state index in [-0.39, 0.29) is 11.7 Å². The first-order valence-corrected chi connectivity index (χ1v) is 5.39. The van der Waals surface area contributed by atoms with Crippen LogP contribution >= 0.6 is 11.6 Å². The van der Waals surface area contributed by atoms with Crippen molar-refractivity contribution >= 4 is 17.6 Å². The van der Waals surface area contributed by atoms with Crippen molar-refractivity contribution in [2.75, 3.05) is 6.61 Å². The van der Waals surface area contributed by atoms with Gasteiger partial charge in [-0.2, -0.15) is 5.10 Å². The normalized spacial score (nSPS) is 12.5. The van der Waals surface area contributed by atoms with Gasteiger partial charge in [-0.25, -0.2) is 4.79 Å². The van der Waals surface area contributed by atoms with Gasteiger partial charge in [0.15, 0.2) is 5.69 Å². The van der Waals surface area contributed by atoms with Crippen molar-refractivity contribution in [3.05, 3.63) is 16.9 Å². The molecule has 0 N–H and O–H groups in total. The molecule has 15 heavy (non-hydrogen) atoms. The van der Waals surface area contributed by atoms with Gasteiger partial charge in [0.1, 0.15) is 0 Å². The van der Waals surface area contributed by atoms with Gasteiger partial charge < -0.3 is 4.74 Å². The summed E-state index contributed by atoms with van der Waals surface area (Å²) in [5.41, 5.74) is 0.193. The number of hydrogen-bond donors (Lipinski definition) is 0. The van der Waals surface area contributed by atoms with E-state index in [1.54, 1.807) is 17.8 Å². The maximum atomic E-state index is 11.4. The number of hydrogen-bond acceptors (Lipinski definition) is 3. The molecule has 84 valence electrons. The van der Waals surface area contributed by atoms with E-state index < -0.39 is 5.97 Å². The zero-order chi connectivity index (χ0) is 11.4. The summed E-state index contributed by atoms with van der Waals surface area (Å²) in [6.45, 7) is 6.13. The molecule has 5 heteroatoms. The zero-order valence-corrected chi connectivity index (χ0v) is 9.91. The molecule has 0 aliphatic carbocycles. The summed E-state index contributed by atoms with van der Waals surface area (Å²) >= 11 is 5.89.